The van der Waals surface area contributed by atoms with Gasteiger partial charge in [-0.05, 0) is 5.56 Å². The van der Waals surface area contributed by atoms with Gasteiger partial charge in [0.15, 0.2) is 0 Å². The molecule has 1 rings (SSSR count). The fourth-order valence-electron chi connectivity index (χ4n) is 0.983. The Morgan fingerprint density at radius 1 is 0.933 bits per heavy atom. The molecule has 0 unspecified atom stereocenters. The molecule has 0 spiro atoms. The Morgan fingerprint density at radius 3 is 1.73 bits per heavy atom. The molecular formula is C9H7F5O. The predicted molar refractivity (Wildman–Crippen MR) is 42.3 cm³/mol. The minimum Gasteiger partial charge on any atom is -0.392 e. The molecule has 0 aliphatic rings. The quantitative estimate of drug-likeness (QED) is 0.769. The van der Waals surface area contributed by atoms with E-state index in [1.807, 2.05) is 0 Å². The molecule has 1 N–H and O–H groups in total. The van der Waals surface area contributed by atoms with Crippen LogP contribution in [0.5, 0.6) is 0 Å². The van der Waals surface area contributed by atoms with Crippen LogP contribution in [-0.2, 0) is 12.5 Å². The Morgan fingerprint density at radius 2 is 1.40 bits per heavy atom. The normalized spacial score (nSPS) is 12.9. The second kappa shape index (κ2) is 3.77. The second-order valence-electron chi connectivity index (χ2n) is 2.93. The zero-order chi connectivity index (χ0) is 11.7. The highest BCUT2D eigenvalue weighted by atomic mass is 19.4. The lowest BCUT2D eigenvalue weighted by Crippen LogP contribution is -2.33. The number of rotatable bonds is 2. The van der Waals surface area contributed by atoms with Crippen LogP contribution in [0.25, 0.3) is 0 Å². The lowest BCUT2D eigenvalue weighted by Gasteiger charge is -2.19. The van der Waals surface area contributed by atoms with Gasteiger partial charge in [-0.15, -0.1) is 0 Å². The summed E-state index contributed by atoms with van der Waals surface area (Å²) in [5.41, 5.74) is -0.857. The van der Waals surface area contributed by atoms with E-state index in [0.29, 0.717) is 12.1 Å². The first-order valence-electron chi connectivity index (χ1n) is 3.94. The summed E-state index contributed by atoms with van der Waals surface area (Å²) in [5, 5.41) is 8.58. The van der Waals surface area contributed by atoms with Crippen molar-refractivity contribution in [3.8, 4) is 0 Å². The third-order valence-corrected chi connectivity index (χ3v) is 1.86. The maximum Gasteiger partial charge on any atom is 0.458 e. The van der Waals surface area contributed by atoms with Crippen molar-refractivity contribution in [2.45, 2.75) is 18.7 Å². The zero-order valence-corrected chi connectivity index (χ0v) is 7.35. The van der Waals surface area contributed by atoms with Gasteiger partial charge in [-0.25, -0.2) is 0 Å². The van der Waals surface area contributed by atoms with Crippen molar-refractivity contribution < 1.29 is 27.1 Å². The molecule has 6 heteroatoms. The Hall–Kier alpha value is -1.17. The Balaban J connectivity index is 3.06. The van der Waals surface area contributed by atoms with Gasteiger partial charge in [0.05, 0.1) is 6.61 Å². The molecule has 15 heavy (non-hydrogen) atoms. The number of aliphatic hydroxyl groups is 1. The third-order valence-electron chi connectivity index (χ3n) is 1.86. The van der Waals surface area contributed by atoms with E-state index < -0.39 is 24.3 Å². The van der Waals surface area contributed by atoms with Crippen molar-refractivity contribution >= 4 is 0 Å². The molecule has 0 heterocycles. The molecule has 0 aromatic heterocycles. The van der Waals surface area contributed by atoms with E-state index in [0.717, 1.165) is 12.1 Å². The molecule has 0 aliphatic carbocycles. The van der Waals surface area contributed by atoms with Crippen LogP contribution in [0.2, 0.25) is 0 Å². The number of alkyl halides is 5. The molecule has 0 bridgehead atoms. The first kappa shape index (κ1) is 11.9. The summed E-state index contributed by atoms with van der Waals surface area (Å²) in [7, 11) is 0. The SMILES string of the molecule is OCc1ccc(C(F)(F)C(F)(F)F)cc1. The van der Waals surface area contributed by atoms with E-state index in [1.54, 1.807) is 0 Å². The van der Waals surface area contributed by atoms with E-state index in [4.69, 9.17) is 5.11 Å². The predicted octanol–water partition coefficient (Wildman–Crippen LogP) is 2.83. The zero-order valence-electron chi connectivity index (χ0n) is 7.35. The number of benzene rings is 1. The Labute approximate surface area is 82.1 Å². The van der Waals surface area contributed by atoms with Gasteiger partial charge < -0.3 is 5.11 Å². The van der Waals surface area contributed by atoms with Crippen LogP contribution < -0.4 is 0 Å². The summed E-state index contributed by atoms with van der Waals surface area (Å²) < 4.78 is 61.1. The van der Waals surface area contributed by atoms with Gasteiger partial charge in [-0.1, -0.05) is 24.3 Å². The van der Waals surface area contributed by atoms with Gasteiger partial charge in [-0.3, -0.25) is 0 Å². The van der Waals surface area contributed by atoms with Gasteiger partial charge in [0.1, 0.15) is 0 Å². The van der Waals surface area contributed by atoms with Gasteiger partial charge in [0.2, 0.25) is 0 Å². The minimum atomic E-state index is -5.60. The molecule has 0 radical (unpaired) electrons. The molecule has 0 aliphatic heterocycles. The highest BCUT2D eigenvalue weighted by Gasteiger charge is 2.58. The van der Waals surface area contributed by atoms with Crippen molar-refractivity contribution in [2.75, 3.05) is 0 Å². The summed E-state index contributed by atoms with van der Waals surface area (Å²) in [5.74, 6) is -4.86. The van der Waals surface area contributed by atoms with Crippen molar-refractivity contribution in [3.05, 3.63) is 35.4 Å². The molecule has 0 saturated heterocycles. The monoisotopic (exact) mass is 226 g/mol. The van der Waals surface area contributed by atoms with Crippen molar-refractivity contribution in [2.24, 2.45) is 0 Å². The van der Waals surface area contributed by atoms with Crippen LogP contribution in [0.4, 0.5) is 22.0 Å². The molecule has 1 aromatic carbocycles. The molecule has 0 atom stereocenters. The van der Waals surface area contributed by atoms with Gasteiger partial charge in [0.25, 0.3) is 0 Å². The topological polar surface area (TPSA) is 20.2 Å². The number of hydrogen-bond acceptors (Lipinski definition) is 1. The van der Waals surface area contributed by atoms with Crippen LogP contribution in [-0.4, -0.2) is 11.3 Å². The average Bonchev–Trinajstić information content (AvgIpc) is 2.16. The van der Waals surface area contributed by atoms with E-state index in [9.17, 15) is 22.0 Å². The lowest BCUT2D eigenvalue weighted by atomic mass is 10.1. The van der Waals surface area contributed by atoms with Crippen LogP contribution in [0.1, 0.15) is 11.1 Å². The molecular weight excluding hydrogens is 219 g/mol. The fraction of sp³-hybridized carbons (Fsp3) is 0.333. The first-order chi connectivity index (χ1) is 6.79. The Kier molecular flexibility index (Phi) is 2.99. The first-order valence-corrected chi connectivity index (χ1v) is 3.94. The lowest BCUT2D eigenvalue weighted by molar-refractivity contribution is -0.289. The maximum atomic E-state index is 12.7. The average molecular weight is 226 g/mol. The summed E-state index contributed by atoms with van der Waals surface area (Å²) in [6.45, 7) is -0.405. The number of aliphatic hydroxyl groups excluding tert-OH is 1. The van der Waals surface area contributed by atoms with E-state index in [2.05, 4.69) is 0 Å². The molecule has 84 valence electrons. The Bertz CT molecular complexity index is 327. The smallest absolute Gasteiger partial charge is 0.392 e. The molecule has 1 nitrogen and oxygen atoms in total. The van der Waals surface area contributed by atoms with E-state index in [-0.39, 0.29) is 5.56 Å². The van der Waals surface area contributed by atoms with E-state index in [1.165, 1.54) is 0 Å². The largest absolute Gasteiger partial charge is 0.458 e. The van der Waals surface area contributed by atoms with Gasteiger partial charge in [0, 0.05) is 5.56 Å². The fourth-order valence-corrected chi connectivity index (χ4v) is 0.983. The van der Waals surface area contributed by atoms with Crippen LogP contribution in [0.3, 0.4) is 0 Å². The highest BCUT2D eigenvalue weighted by Crippen LogP contribution is 2.43. The number of hydrogen-bond donors (Lipinski definition) is 1. The van der Waals surface area contributed by atoms with E-state index >= 15 is 0 Å². The summed E-state index contributed by atoms with van der Waals surface area (Å²) >= 11 is 0. The highest BCUT2D eigenvalue weighted by molar-refractivity contribution is 5.26. The molecule has 0 saturated carbocycles. The van der Waals surface area contributed by atoms with Crippen LogP contribution >= 0.6 is 0 Å². The summed E-state index contributed by atoms with van der Waals surface area (Å²) in [4.78, 5) is 0. The standard InChI is InChI=1S/C9H7F5O/c10-8(11,9(12,13)14)7-3-1-6(5-15)2-4-7/h1-4,15H,5H2. The van der Waals surface area contributed by atoms with Crippen LogP contribution in [0.15, 0.2) is 24.3 Å². The van der Waals surface area contributed by atoms with Crippen molar-refractivity contribution in [1.29, 1.82) is 0 Å². The summed E-state index contributed by atoms with van der Waals surface area (Å²) in [6.07, 6.45) is -5.60. The number of halogens is 5. The minimum absolute atomic E-state index is 0.275. The van der Waals surface area contributed by atoms with Crippen LogP contribution in [0, 0.1) is 0 Å². The van der Waals surface area contributed by atoms with Crippen molar-refractivity contribution in [1.82, 2.24) is 0 Å². The maximum absolute atomic E-state index is 12.7. The third kappa shape index (κ3) is 2.26. The van der Waals surface area contributed by atoms with Crippen molar-refractivity contribution in [3.63, 3.8) is 0 Å². The summed E-state index contributed by atoms with van der Waals surface area (Å²) in [6, 6.07) is 3.35. The van der Waals surface area contributed by atoms with Gasteiger partial charge in [-0.2, -0.15) is 22.0 Å². The molecule has 0 fully saturated rings. The van der Waals surface area contributed by atoms with Gasteiger partial charge >= 0.3 is 12.1 Å². The molecule has 1 aromatic rings. The molecule has 0 amide bonds. The second-order valence-corrected chi connectivity index (χ2v) is 2.93.